The predicted molar refractivity (Wildman–Crippen MR) is 102 cm³/mol. The number of carbonyl (C=O) groups excluding carboxylic acids is 3. The van der Waals surface area contributed by atoms with Gasteiger partial charge in [0.2, 0.25) is 5.89 Å². The van der Waals surface area contributed by atoms with Gasteiger partial charge in [-0.3, -0.25) is 19.3 Å². The minimum Gasteiger partial charge on any atom is -0.451 e. The quantitative estimate of drug-likeness (QED) is 0.487. The smallest absolute Gasteiger partial charge is 0.326 e. The Kier molecular flexibility index (Phi) is 4.67. The van der Waals surface area contributed by atoms with E-state index in [1.165, 1.54) is 0 Å². The average molecular weight is 391 g/mol. The largest absolute Gasteiger partial charge is 0.451 e. The van der Waals surface area contributed by atoms with Gasteiger partial charge in [-0.15, -0.1) is 10.2 Å². The van der Waals surface area contributed by atoms with E-state index in [1.807, 2.05) is 31.2 Å². The second kappa shape index (κ2) is 7.31. The number of aryl methyl sites for hydroxylation is 1. The molecule has 29 heavy (non-hydrogen) atoms. The van der Waals surface area contributed by atoms with Gasteiger partial charge in [-0.1, -0.05) is 29.8 Å². The van der Waals surface area contributed by atoms with Gasteiger partial charge in [0.25, 0.3) is 17.6 Å². The SMILES string of the molecule is Cc1ccc(-c2nnc([C@H](C)OC(=O)CN3C(=O)C(=O)c4ccccc43)o2)cc1. The number of hydrogen-bond acceptors (Lipinski definition) is 7. The first kappa shape index (κ1) is 18.5. The van der Waals surface area contributed by atoms with Gasteiger partial charge in [0, 0.05) is 5.56 Å². The van der Waals surface area contributed by atoms with Gasteiger partial charge in [-0.2, -0.15) is 0 Å². The van der Waals surface area contributed by atoms with Crippen molar-refractivity contribution in [3.8, 4) is 11.5 Å². The number of rotatable bonds is 5. The molecule has 2 heterocycles. The number of fused-ring (bicyclic) bond motifs is 1. The van der Waals surface area contributed by atoms with Gasteiger partial charge in [0.1, 0.15) is 6.54 Å². The van der Waals surface area contributed by atoms with Crippen LogP contribution in [0.1, 0.15) is 34.8 Å². The Morgan fingerprint density at radius 1 is 1.10 bits per heavy atom. The molecule has 0 N–H and O–H groups in total. The Balaban J connectivity index is 1.43. The summed E-state index contributed by atoms with van der Waals surface area (Å²) in [6, 6.07) is 14.1. The van der Waals surface area contributed by atoms with Crippen molar-refractivity contribution in [3.63, 3.8) is 0 Å². The molecule has 1 atom stereocenters. The van der Waals surface area contributed by atoms with Crippen LogP contribution in [0.2, 0.25) is 0 Å². The molecule has 8 nitrogen and oxygen atoms in total. The molecule has 3 aromatic rings. The molecular weight excluding hydrogens is 374 g/mol. The zero-order valence-electron chi connectivity index (χ0n) is 15.8. The third-order valence-corrected chi connectivity index (χ3v) is 4.56. The van der Waals surface area contributed by atoms with Crippen LogP contribution in [-0.4, -0.2) is 34.4 Å². The number of hydrogen-bond donors (Lipinski definition) is 0. The first-order valence-electron chi connectivity index (χ1n) is 8.99. The lowest BCUT2D eigenvalue weighted by atomic mass is 10.1. The van der Waals surface area contributed by atoms with E-state index < -0.39 is 23.8 Å². The van der Waals surface area contributed by atoms with Crippen LogP contribution in [0.15, 0.2) is 52.9 Å². The van der Waals surface area contributed by atoms with E-state index in [2.05, 4.69) is 10.2 Å². The molecule has 1 amide bonds. The number of para-hydroxylation sites is 1. The van der Waals surface area contributed by atoms with Gasteiger partial charge in [-0.05, 0) is 38.1 Å². The number of benzene rings is 2. The van der Waals surface area contributed by atoms with Crippen molar-refractivity contribution in [1.29, 1.82) is 0 Å². The Bertz CT molecular complexity index is 1100. The molecule has 0 aliphatic carbocycles. The summed E-state index contributed by atoms with van der Waals surface area (Å²) in [5, 5.41) is 7.92. The maximum atomic E-state index is 12.3. The highest BCUT2D eigenvalue weighted by molar-refractivity contribution is 6.52. The Hall–Kier alpha value is -3.81. The van der Waals surface area contributed by atoms with Crippen molar-refractivity contribution in [2.45, 2.75) is 20.0 Å². The summed E-state index contributed by atoms with van der Waals surface area (Å²) in [5.41, 5.74) is 2.53. The first-order valence-corrected chi connectivity index (χ1v) is 8.99. The zero-order valence-corrected chi connectivity index (χ0v) is 15.8. The van der Waals surface area contributed by atoms with Crippen LogP contribution in [0.3, 0.4) is 0 Å². The lowest BCUT2D eigenvalue weighted by Crippen LogP contribution is -2.35. The number of aromatic nitrogens is 2. The second-order valence-corrected chi connectivity index (χ2v) is 6.68. The molecule has 1 aromatic heterocycles. The molecule has 0 fully saturated rings. The summed E-state index contributed by atoms with van der Waals surface area (Å²) < 4.78 is 10.9. The van der Waals surface area contributed by atoms with E-state index in [1.54, 1.807) is 31.2 Å². The monoisotopic (exact) mass is 391 g/mol. The molecule has 0 bridgehead atoms. The molecule has 0 radical (unpaired) electrons. The summed E-state index contributed by atoms with van der Waals surface area (Å²) in [4.78, 5) is 37.6. The maximum absolute atomic E-state index is 12.3. The van der Waals surface area contributed by atoms with E-state index in [0.29, 0.717) is 11.6 Å². The fourth-order valence-electron chi connectivity index (χ4n) is 3.03. The molecule has 0 saturated carbocycles. The summed E-state index contributed by atoms with van der Waals surface area (Å²) in [7, 11) is 0. The average Bonchev–Trinajstić information content (AvgIpc) is 3.29. The predicted octanol–water partition coefficient (Wildman–Crippen LogP) is 2.88. The number of nitrogens with zero attached hydrogens (tertiary/aromatic N) is 3. The number of esters is 1. The highest BCUT2D eigenvalue weighted by Crippen LogP contribution is 2.29. The molecule has 0 spiro atoms. The van der Waals surface area contributed by atoms with Crippen LogP contribution in [0.25, 0.3) is 11.5 Å². The number of amides is 1. The summed E-state index contributed by atoms with van der Waals surface area (Å²) in [6.07, 6.45) is -0.808. The maximum Gasteiger partial charge on any atom is 0.326 e. The fourth-order valence-corrected chi connectivity index (χ4v) is 3.03. The minimum absolute atomic E-state index is 0.137. The van der Waals surface area contributed by atoms with E-state index in [0.717, 1.165) is 16.0 Å². The van der Waals surface area contributed by atoms with Crippen LogP contribution in [-0.2, 0) is 14.3 Å². The van der Waals surface area contributed by atoms with Crippen LogP contribution >= 0.6 is 0 Å². The minimum atomic E-state index is -0.808. The zero-order chi connectivity index (χ0) is 20.5. The normalized spacial score (nSPS) is 14.1. The lowest BCUT2D eigenvalue weighted by Gasteiger charge is -2.16. The third kappa shape index (κ3) is 3.52. The van der Waals surface area contributed by atoms with E-state index in [9.17, 15) is 14.4 Å². The van der Waals surface area contributed by atoms with Crippen LogP contribution < -0.4 is 4.90 Å². The number of Topliss-reactive ketones (excluding diaryl/α,β-unsaturated/α-hetero) is 1. The van der Waals surface area contributed by atoms with Crippen molar-refractivity contribution in [2.75, 3.05) is 11.4 Å². The van der Waals surface area contributed by atoms with E-state index in [4.69, 9.17) is 9.15 Å². The van der Waals surface area contributed by atoms with E-state index >= 15 is 0 Å². The number of ketones is 1. The van der Waals surface area contributed by atoms with Crippen molar-refractivity contribution in [2.24, 2.45) is 0 Å². The molecule has 1 aliphatic rings. The van der Waals surface area contributed by atoms with Gasteiger partial charge < -0.3 is 9.15 Å². The van der Waals surface area contributed by atoms with Crippen LogP contribution in [0.4, 0.5) is 5.69 Å². The topological polar surface area (TPSA) is 103 Å². The summed E-state index contributed by atoms with van der Waals surface area (Å²) in [6.45, 7) is 3.18. The Morgan fingerprint density at radius 3 is 2.59 bits per heavy atom. The number of carbonyl (C=O) groups is 3. The molecule has 1 aliphatic heterocycles. The molecule has 146 valence electrons. The second-order valence-electron chi connectivity index (χ2n) is 6.68. The van der Waals surface area contributed by atoms with Gasteiger partial charge in [0.05, 0.1) is 11.3 Å². The molecule has 2 aromatic carbocycles. The summed E-state index contributed by atoms with van der Waals surface area (Å²) in [5.74, 6) is -1.63. The van der Waals surface area contributed by atoms with Crippen molar-refractivity contribution in [3.05, 3.63) is 65.5 Å². The van der Waals surface area contributed by atoms with Gasteiger partial charge in [0.15, 0.2) is 6.10 Å². The first-order chi connectivity index (χ1) is 13.9. The fraction of sp³-hybridized carbons (Fsp3) is 0.190. The highest BCUT2D eigenvalue weighted by atomic mass is 16.6. The molecule has 8 heteroatoms. The molecule has 4 rings (SSSR count). The van der Waals surface area contributed by atoms with Crippen molar-refractivity contribution in [1.82, 2.24) is 10.2 Å². The number of ether oxygens (including phenoxy) is 1. The van der Waals surface area contributed by atoms with Crippen LogP contribution in [0, 0.1) is 6.92 Å². The molecule has 0 saturated heterocycles. The van der Waals surface area contributed by atoms with Gasteiger partial charge >= 0.3 is 5.97 Å². The van der Waals surface area contributed by atoms with E-state index in [-0.39, 0.29) is 18.0 Å². The van der Waals surface area contributed by atoms with Crippen molar-refractivity contribution < 1.29 is 23.5 Å². The van der Waals surface area contributed by atoms with Gasteiger partial charge in [-0.25, -0.2) is 0 Å². The van der Waals surface area contributed by atoms with Crippen LogP contribution in [0.5, 0.6) is 0 Å². The Morgan fingerprint density at radius 2 is 1.83 bits per heavy atom. The molecular formula is C21H17N3O5. The number of anilines is 1. The highest BCUT2D eigenvalue weighted by Gasteiger charge is 2.37. The third-order valence-electron chi connectivity index (χ3n) is 4.56. The Labute approximate surface area is 166 Å². The molecule has 0 unspecified atom stereocenters. The lowest BCUT2D eigenvalue weighted by molar-refractivity contribution is -0.148. The summed E-state index contributed by atoms with van der Waals surface area (Å²) >= 11 is 0. The van der Waals surface area contributed by atoms with Crippen molar-refractivity contribution >= 4 is 23.3 Å². The standard InChI is InChI=1S/C21H17N3O5/c1-12-7-9-14(10-8-12)20-23-22-19(29-20)13(2)28-17(25)11-24-16-6-4-3-5-15(16)18(26)21(24)27/h3-10,13H,11H2,1-2H3/t13-/m0/s1.